The van der Waals surface area contributed by atoms with Gasteiger partial charge in [0, 0.05) is 36.3 Å². The standard InChI is InChI=1S/C38H66N6O18/c1-37(2,12-20-62-38(3,4)11-13-40-44-39)36(55)43-29(25-56-14-5-30(45)41-27(21-58-16-7-32(47)48)22-59-17-8-33(49)50)26-57-15-6-31(46)42-28(23-60-18-9-34(51)52)24-61-19-10-35(53)54/h27-29H,5-26H2,1-4H3,(H,41,45)(H,42,46)(H,43,55)(H,47,48)(H,49,50)(H,51,52)(H,53,54). The Morgan fingerprint density at radius 3 is 1.16 bits per heavy atom. The Kier molecular flexibility index (Phi) is 31.3. The zero-order chi connectivity index (χ0) is 46.8. The van der Waals surface area contributed by atoms with E-state index in [9.17, 15) is 33.6 Å². The van der Waals surface area contributed by atoms with Crippen molar-refractivity contribution in [3.8, 4) is 0 Å². The lowest BCUT2D eigenvalue weighted by Crippen LogP contribution is -2.48. The fraction of sp³-hybridized carbons (Fsp3) is 0.816. The first-order chi connectivity index (χ1) is 29.3. The minimum Gasteiger partial charge on any atom is -0.481 e. The Bertz CT molecular complexity index is 1300. The van der Waals surface area contributed by atoms with E-state index >= 15 is 0 Å². The van der Waals surface area contributed by atoms with Crippen LogP contribution in [0.2, 0.25) is 0 Å². The lowest BCUT2D eigenvalue weighted by atomic mass is 9.88. The predicted octanol–water partition coefficient (Wildman–Crippen LogP) is 1.13. The molecule has 0 spiro atoms. The van der Waals surface area contributed by atoms with Gasteiger partial charge in [0.1, 0.15) is 0 Å². The molecule has 7 N–H and O–H groups in total. The summed E-state index contributed by atoms with van der Waals surface area (Å²) in [6.07, 6.45) is -0.510. The molecule has 0 aliphatic carbocycles. The molecule has 356 valence electrons. The van der Waals surface area contributed by atoms with Gasteiger partial charge in [0.15, 0.2) is 0 Å². The van der Waals surface area contributed by atoms with E-state index < -0.39 is 64.8 Å². The maximum atomic E-state index is 13.5. The van der Waals surface area contributed by atoms with Gasteiger partial charge in [0.2, 0.25) is 17.7 Å². The fourth-order valence-corrected chi connectivity index (χ4v) is 4.83. The second kappa shape index (κ2) is 33.9. The van der Waals surface area contributed by atoms with Gasteiger partial charge in [-0.15, -0.1) is 0 Å². The minimum absolute atomic E-state index is 0.0910. The number of hydrogen-bond donors (Lipinski definition) is 7. The molecule has 0 fully saturated rings. The number of carbonyl (C=O) groups is 7. The Morgan fingerprint density at radius 2 is 0.839 bits per heavy atom. The van der Waals surface area contributed by atoms with Gasteiger partial charge >= 0.3 is 23.9 Å². The summed E-state index contributed by atoms with van der Waals surface area (Å²) < 4.78 is 38.8. The summed E-state index contributed by atoms with van der Waals surface area (Å²) in [5, 5.41) is 47.2. The summed E-state index contributed by atoms with van der Waals surface area (Å²) in [7, 11) is 0. The molecular formula is C38H66N6O18. The van der Waals surface area contributed by atoms with Gasteiger partial charge in [-0.2, -0.15) is 0 Å². The number of aliphatic carboxylic acids is 4. The number of amides is 3. The minimum atomic E-state index is -1.07. The van der Waals surface area contributed by atoms with Gasteiger partial charge in [-0.1, -0.05) is 19.0 Å². The van der Waals surface area contributed by atoms with Crippen LogP contribution in [-0.2, 0) is 66.7 Å². The molecular weight excluding hydrogens is 828 g/mol. The van der Waals surface area contributed by atoms with E-state index in [4.69, 9.17) is 59.1 Å². The molecule has 24 nitrogen and oxygen atoms in total. The molecule has 3 amide bonds. The van der Waals surface area contributed by atoms with Crippen molar-refractivity contribution >= 4 is 41.6 Å². The number of carboxylic acids is 4. The number of rotatable bonds is 41. The zero-order valence-corrected chi connectivity index (χ0v) is 36.1. The highest BCUT2D eigenvalue weighted by molar-refractivity contribution is 5.82. The second-order valence-electron chi connectivity index (χ2n) is 15.2. The fourth-order valence-electron chi connectivity index (χ4n) is 4.83. The molecule has 0 unspecified atom stereocenters. The van der Waals surface area contributed by atoms with Crippen molar-refractivity contribution < 1.29 is 87.1 Å². The normalized spacial score (nSPS) is 11.7. The van der Waals surface area contributed by atoms with Crippen molar-refractivity contribution in [2.24, 2.45) is 10.5 Å². The first-order valence-electron chi connectivity index (χ1n) is 20.1. The second-order valence-corrected chi connectivity index (χ2v) is 15.2. The van der Waals surface area contributed by atoms with Crippen LogP contribution < -0.4 is 16.0 Å². The Labute approximate surface area is 360 Å². The first-order valence-corrected chi connectivity index (χ1v) is 20.1. The van der Waals surface area contributed by atoms with Crippen LogP contribution >= 0.6 is 0 Å². The van der Waals surface area contributed by atoms with Crippen molar-refractivity contribution in [3.63, 3.8) is 0 Å². The molecule has 0 radical (unpaired) electrons. The Balaban J connectivity index is 5.47. The summed E-state index contributed by atoms with van der Waals surface area (Å²) in [6.45, 7) is 6.39. The molecule has 0 aromatic carbocycles. The van der Waals surface area contributed by atoms with Crippen LogP contribution in [0.25, 0.3) is 10.4 Å². The van der Waals surface area contributed by atoms with Gasteiger partial charge < -0.3 is 69.5 Å². The monoisotopic (exact) mass is 894 g/mol. The van der Waals surface area contributed by atoms with Crippen LogP contribution in [0.1, 0.15) is 79.1 Å². The smallest absolute Gasteiger partial charge is 0.305 e. The average Bonchev–Trinajstić information content (AvgIpc) is 3.17. The number of nitrogens with one attached hydrogen (secondary N) is 3. The number of nitrogens with zero attached hydrogens (tertiary/aromatic N) is 3. The number of carboxylic acid groups (broad SMARTS) is 4. The van der Waals surface area contributed by atoms with Crippen LogP contribution in [0.3, 0.4) is 0 Å². The molecule has 0 aromatic rings. The van der Waals surface area contributed by atoms with E-state index in [1.165, 1.54) is 0 Å². The molecule has 24 heteroatoms. The van der Waals surface area contributed by atoms with E-state index in [-0.39, 0.29) is 137 Å². The van der Waals surface area contributed by atoms with Crippen LogP contribution in [0.5, 0.6) is 0 Å². The number of hydrogen-bond acceptors (Lipinski definition) is 15. The van der Waals surface area contributed by atoms with E-state index in [0.29, 0.717) is 12.8 Å². The van der Waals surface area contributed by atoms with E-state index in [1.54, 1.807) is 13.8 Å². The molecule has 0 saturated carbocycles. The van der Waals surface area contributed by atoms with E-state index in [1.807, 2.05) is 13.8 Å². The summed E-state index contributed by atoms with van der Waals surface area (Å²) in [4.78, 5) is 85.0. The maximum Gasteiger partial charge on any atom is 0.305 e. The van der Waals surface area contributed by atoms with E-state index in [2.05, 4.69) is 26.0 Å². The molecule has 0 bridgehead atoms. The van der Waals surface area contributed by atoms with E-state index in [0.717, 1.165) is 0 Å². The van der Waals surface area contributed by atoms with Crippen molar-refractivity contribution in [1.82, 2.24) is 16.0 Å². The van der Waals surface area contributed by atoms with Crippen LogP contribution in [0.4, 0.5) is 0 Å². The van der Waals surface area contributed by atoms with Gasteiger partial charge in [-0.05, 0) is 32.2 Å². The number of carbonyl (C=O) groups excluding carboxylic acids is 3. The Hall–Kier alpha value is -4.68. The van der Waals surface area contributed by atoms with Gasteiger partial charge in [0.05, 0.1) is 129 Å². The van der Waals surface area contributed by atoms with Crippen LogP contribution in [-0.4, -0.2) is 178 Å². The molecule has 0 heterocycles. The number of ether oxygens (including phenoxy) is 7. The van der Waals surface area contributed by atoms with Crippen molar-refractivity contribution in [2.45, 2.75) is 103 Å². The quantitative estimate of drug-likeness (QED) is 0.0196. The molecule has 0 aromatic heterocycles. The summed E-state index contributed by atoms with van der Waals surface area (Å²) >= 11 is 0. The highest BCUT2D eigenvalue weighted by Crippen LogP contribution is 2.23. The van der Waals surface area contributed by atoms with Crippen molar-refractivity contribution in [1.29, 1.82) is 0 Å². The highest BCUT2D eigenvalue weighted by Gasteiger charge is 2.31. The SMILES string of the molecule is CC(C)(CCN=[N+]=[N-])OCCC(C)(C)C(=O)NC(COCCC(=O)NC(COCCC(=O)O)COCCC(=O)O)COCCC(=O)NC(COCCC(=O)O)COCCC(=O)O. The Morgan fingerprint density at radius 1 is 0.516 bits per heavy atom. The van der Waals surface area contributed by atoms with Crippen LogP contribution in [0, 0.1) is 5.41 Å². The third-order valence-corrected chi connectivity index (χ3v) is 8.48. The van der Waals surface area contributed by atoms with Crippen molar-refractivity contribution in [3.05, 3.63) is 10.4 Å². The summed E-state index contributed by atoms with van der Waals surface area (Å²) in [5.41, 5.74) is 7.02. The third kappa shape index (κ3) is 34.0. The highest BCUT2D eigenvalue weighted by atomic mass is 16.5. The lowest BCUT2D eigenvalue weighted by Gasteiger charge is -2.30. The van der Waals surface area contributed by atoms with Gasteiger partial charge in [0.25, 0.3) is 0 Å². The predicted molar refractivity (Wildman–Crippen MR) is 216 cm³/mol. The summed E-state index contributed by atoms with van der Waals surface area (Å²) in [6, 6.07) is -2.17. The zero-order valence-electron chi connectivity index (χ0n) is 36.1. The van der Waals surface area contributed by atoms with Gasteiger partial charge in [-0.25, -0.2) is 0 Å². The molecule has 0 rings (SSSR count). The molecule has 0 atom stereocenters. The molecule has 0 saturated heterocycles. The number of azide groups is 1. The summed E-state index contributed by atoms with van der Waals surface area (Å²) in [5.74, 6) is -5.56. The first kappa shape index (κ1) is 57.3. The molecule has 62 heavy (non-hydrogen) atoms. The van der Waals surface area contributed by atoms with Crippen molar-refractivity contribution in [2.75, 3.05) is 92.4 Å². The topological polar surface area (TPSA) is 350 Å². The largest absolute Gasteiger partial charge is 0.481 e. The average molecular weight is 895 g/mol. The molecule has 0 aliphatic heterocycles. The van der Waals surface area contributed by atoms with Gasteiger partial charge in [-0.3, -0.25) is 33.6 Å². The third-order valence-electron chi connectivity index (χ3n) is 8.48. The lowest BCUT2D eigenvalue weighted by molar-refractivity contribution is -0.139. The van der Waals surface area contributed by atoms with Crippen LogP contribution in [0.15, 0.2) is 5.11 Å². The molecule has 0 aliphatic rings. The maximum absolute atomic E-state index is 13.5.